The highest BCUT2D eigenvalue weighted by Gasteiger charge is 2.42. The number of likely N-dealkylation sites (N-methyl/N-ethyl adjacent to an activating group) is 1. The maximum atomic E-state index is 10.3. The van der Waals surface area contributed by atoms with Crippen molar-refractivity contribution < 1.29 is 9.84 Å². The Hall–Kier alpha value is -4.02. The van der Waals surface area contributed by atoms with E-state index in [1.807, 2.05) is 67.4 Å². The number of fused-ring (bicyclic) bond motifs is 1. The fourth-order valence-corrected chi connectivity index (χ4v) is 4.49. The lowest BCUT2D eigenvalue weighted by Gasteiger charge is -2.31. The van der Waals surface area contributed by atoms with E-state index in [2.05, 4.69) is 44.5 Å². The van der Waals surface area contributed by atoms with Crippen molar-refractivity contribution in [2.75, 3.05) is 24.2 Å². The van der Waals surface area contributed by atoms with Gasteiger partial charge in [0.15, 0.2) is 12.1 Å². The van der Waals surface area contributed by atoms with Crippen molar-refractivity contribution >= 4 is 29.6 Å². The molecule has 0 bridgehead atoms. The van der Waals surface area contributed by atoms with Crippen LogP contribution < -0.4 is 15.4 Å². The Labute approximate surface area is 229 Å². The summed E-state index contributed by atoms with van der Waals surface area (Å²) in [4.78, 5) is 15.4. The summed E-state index contributed by atoms with van der Waals surface area (Å²) in [5.41, 5.74) is 4.99. The zero-order chi connectivity index (χ0) is 27.6. The van der Waals surface area contributed by atoms with E-state index in [1.165, 1.54) is 11.9 Å². The highest BCUT2D eigenvalue weighted by molar-refractivity contribution is 5.92. The highest BCUT2D eigenvalue weighted by Crippen LogP contribution is 2.37. The monoisotopic (exact) mass is 528 g/mol. The second-order valence-electron chi connectivity index (χ2n) is 10.2. The molecule has 5 rings (SSSR count). The van der Waals surface area contributed by atoms with Crippen LogP contribution in [0.4, 0.5) is 17.2 Å². The number of aliphatic hydroxyl groups is 1. The molecule has 204 valence electrons. The molecule has 1 aromatic carbocycles. The van der Waals surface area contributed by atoms with E-state index in [-0.39, 0.29) is 6.29 Å². The first-order valence-electron chi connectivity index (χ1n) is 13.3. The number of nitrogens with zero attached hydrogens (tertiary/aromatic N) is 6. The van der Waals surface area contributed by atoms with Gasteiger partial charge in [-0.05, 0) is 82.5 Å². The topological polar surface area (TPSA) is 110 Å². The molecule has 2 aliphatic heterocycles. The van der Waals surface area contributed by atoms with Gasteiger partial charge in [0.2, 0.25) is 0 Å². The largest absolute Gasteiger partial charge is 0.457 e. The van der Waals surface area contributed by atoms with Crippen LogP contribution in [-0.4, -0.2) is 62.9 Å². The quantitative estimate of drug-likeness (QED) is 0.395. The van der Waals surface area contributed by atoms with Crippen molar-refractivity contribution in [3.63, 3.8) is 0 Å². The molecule has 0 spiro atoms. The number of benzene rings is 1. The molecule has 1 saturated carbocycles. The van der Waals surface area contributed by atoms with E-state index >= 15 is 0 Å². The molecule has 10 heteroatoms. The summed E-state index contributed by atoms with van der Waals surface area (Å²) in [6, 6.07) is 5.95. The summed E-state index contributed by atoms with van der Waals surface area (Å²) in [6.45, 7) is 8.71. The van der Waals surface area contributed by atoms with Gasteiger partial charge in [0.1, 0.15) is 29.2 Å². The smallest absolute Gasteiger partial charge is 0.176 e. The third kappa shape index (κ3) is 6.02. The Bertz CT molecular complexity index is 1390. The maximum absolute atomic E-state index is 10.3. The summed E-state index contributed by atoms with van der Waals surface area (Å²) < 4.78 is 6.27. The Morgan fingerprint density at radius 2 is 2.18 bits per heavy atom. The van der Waals surface area contributed by atoms with Crippen molar-refractivity contribution in [1.82, 2.24) is 19.9 Å². The van der Waals surface area contributed by atoms with E-state index in [0.717, 1.165) is 53.4 Å². The number of hydrogen-bond donors (Lipinski definition) is 3. The summed E-state index contributed by atoms with van der Waals surface area (Å²) in [6.07, 6.45) is 13.2. The molecule has 1 atom stereocenters. The molecule has 3 N–H and O–H groups in total. The van der Waals surface area contributed by atoms with Gasteiger partial charge in [-0.25, -0.2) is 15.0 Å². The lowest BCUT2D eigenvalue weighted by Crippen LogP contribution is -2.43. The lowest BCUT2D eigenvalue weighted by atomic mass is 10.1. The average molecular weight is 529 g/mol. The van der Waals surface area contributed by atoms with E-state index in [1.54, 1.807) is 12.4 Å². The fourth-order valence-electron chi connectivity index (χ4n) is 4.49. The molecular formula is C29H36N8O2. The van der Waals surface area contributed by atoms with Crippen LogP contribution in [0.1, 0.15) is 51.3 Å². The minimum absolute atomic E-state index is 0.308. The van der Waals surface area contributed by atoms with Gasteiger partial charge in [-0.1, -0.05) is 6.92 Å². The fraction of sp³-hybridized carbons (Fsp3) is 0.379. The molecule has 1 unspecified atom stereocenters. The molecule has 3 aliphatic rings. The Morgan fingerprint density at radius 3 is 2.90 bits per heavy atom. The Balaban J connectivity index is 1.31. The van der Waals surface area contributed by atoms with Crippen LogP contribution in [0.3, 0.4) is 0 Å². The van der Waals surface area contributed by atoms with Crippen LogP contribution in [0.5, 0.6) is 5.75 Å². The van der Waals surface area contributed by atoms with Gasteiger partial charge in [0, 0.05) is 30.7 Å². The van der Waals surface area contributed by atoms with E-state index in [0.29, 0.717) is 18.1 Å². The maximum Gasteiger partial charge on any atom is 0.176 e. The molecule has 1 aromatic heterocycles. The number of rotatable bonds is 9. The number of aromatic nitrogens is 2. The zero-order valence-electron chi connectivity index (χ0n) is 23.1. The van der Waals surface area contributed by atoms with Gasteiger partial charge in [0.25, 0.3) is 0 Å². The highest BCUT2D eigenvalue weighted by atomic mass is 16.5. The van der Waals surface area contributed by atoms with Gasteiger partial charge in [0.05, 0.1) is 17.5 Å². The SMILES string of the molecule is C/C=N\N1C=CC(Oc2ccc(Nc3ncnc4c3NC(N(C)CC3(O)CC3)N=C4)cc2C)=CC1=C(C)CC. The van der Waals surface area contributed by atoms with Crippen molar-refractivity contribution in [3.8, 4) is 5.75 Å². The minimum Gasteiger partial charge on any atom is -0.457 e. The normalized spacial score (nSPS) is 20.5. The van der Waals surface area contributed by atoms with Crippen LogP contribution >= 0.6 is 0 Å². The Morgan fingerprint density at radius 1 is 1.36 bits per heavy atom. The van der Waals surface area contributed by atoms with Gasteiger partial charge < -0.3 is 20.5 Å². The first-order valence-corrected chi connectivity index (χ1v) is 13.3. The summed E-state index contributed by atoms with van der Waals surface area (Å²) in [7, 11) is 1.95. The van der Waals surface area contributed by atoms with Gasteiger partial charge in [-0.15, -0.1) is 0 Å². The standard InChI is InChI=1S/C29H36N8O2/c1-6-19(3)24-15-22(10-13-37(24)33-7-2)39-25-9-8-21(14-20(25)4)34-27-26-23(31-18-32-27)16-30-28(35-26)36(5)17-29(38)11-12-29/h7-10,13-16,18,28,35,38H,6,11-12,17H2,1-5H3,(H,31,32,34)/b24-19?,33-7-. The van der Waals surface area contributed by atoms with Crippen molar-refractivity contribution in [1.29, 1.82) is 0 Å². The van der Waals surface area contributed by atoms with Crippen LogP contribution in [-0.2, 0) is 0 Å². The van der Waals surface area contributed by atoms with Crippen LogP contribution in [0, 0.1) is 6.92 Å². The second-order valence-corrected chi connectivity index (χ2v) is 10.2. The molecule has 0 amide bonds. The first-order chi connectivity index (χ1) is 18.8. The van der Waals surface area contributed by atoms with Gasteiger partial charge >= 0.3 is 0 Å². The number of aliphatic imine (C=N–C) groups is 1. The summed E-state index contributed by atoms with van der Waals surface area (Å²) in [5, 5.41) is 23.4. The number of hydrogen-bond acceptors (Lipinski definition) is 10. The Kier molecular flexibility index (Phi) is 7.49. The summed E-state index contributed by atoms with van der Waals surface area (Å²) >= 11 is 0. The van der Waals surface area contributed by atoms with Gasteiger partial charge in [-0.2, -0.15) is 5.10 Å². The number of hydrazone groups is 1. The first kappa shape index (κ1) is 26.6. The molecule has 1 fully saturated rings. The van der Waals surface area contributed by atoms with Crippen molar-refractivity contribution in [2.24, 2.45) is 10.1 Å². The van der Waals surface area contributed by atoms with Crippen LogP contribution in [0.25, 0.3) is 0 Å². The minimum atomic E-state index is -0.596. The molecule has 10 nitrogen and oxygen atoms in total. The molecule has 0 radical (unpaired) electrons. The van der Waals surface area contributed by atoms with Crippen molar-refractivity contribution in [2.45, 2.75) is 58.8 Å². The average Bonchev–Trinajstić information content (AvgIpc) is 3.66. The number of nitrogens with one attached hydrogen (secondary N) is 2. The van der Waals surface area contributed by atoms with E-state index in [9.17, 15) is 5.11 Å². The number of allylic oxidation sites excluding steroid dienone is 3. The predicted octanol–water partition coefficient (Wildman–Crippen LogP) is 4.90. The number of aryl methyl sites for hydroxylation is 1. The predicted molar refractivity (Wildman–Crippen MR) is 155 cm³/mol. The molecule has 2 aromatic rings. The van der Waals surface area contributed by atoms with Crippen molar-refractivity contribution in [3.05, 3.63) is 71.2 Å². The third-order valence-electron chi connectivity index (χ3n) is 7.06. The van der Waals surface area contributed by atoms with Gasteiger partial charge in [-0.3, -0.25) is 9.89 Å². The van der Waals surface area contributed by atoms with E-state index in [4.69, 9.17) is 4.74 Å². The van der Waals surface area contributed by atoms with Crippen LogP contribution in [0.2, 0.25) is 0 Å². The molecule has 1 aliphatic carbocycles. The third-order valence-corrected chi connectivity index (χ3v) is 7.06. The van der Waals surface area contributed by atoms with E-state index < -0.39 is 5.60 Å². The molecular weight excluding hydrogens is 492 g/mol. The zero-order valence-corrected chi connectivity index (χ0v) is 23.1. The molecule has 3 heterocycles. The summed E-state index contributed by atoms with van der Waals surface area (Å²) in [5.74, 6) is 2.18. The second kappa shape index (κ2) is 11.0. The molecule has 39 heavy (non-hydrogen) atoms. The molecule has 0 saturated heterocycles. The number of anilines is 3. The van der Waals surface area contributed by atoms with Crippen LogP contribution in [0.15, 0.2) is 70.0 Å². The number of ether oxygens (including phenoxy) is 1. The lowest BCUT2D eigenvalue weighted by molar-refractivity contribution is 0.0910.